The van der Waals surface area contributed by atoms with Crippen LogP contribution in [0, 0.1) is 5.41 Å². The van der Waals surface area contributed by atoms with Gasteiger partial charge in [-0.2, -0.15) is 0 Å². The van der Waals surface area contributed by atoms with Gasteiger partial charge in [0.1, 0.15) is 29.3 Å². The molecule has 1 amide bonds. The zero-order chi connectivity index (χ0) is 29.8. The molecule has 1 aliphatic heterocycles. The number of H-pyrrole nitrogens is 2. The van der Waals surface area contributed by atoms with E-state index in [0.717, 1.165) is 38.6 Å². The number of hydrogen-bond acceptors (Lipinski definition) is 6. The third-order valence-corrected chi connectivity index (χ3v) is 8.33. The summed E-state index contributed by atoms with van der Waals surface area (Å²) in [7, 11) is 0. The summed E-state index contributed by atoms with van der Waals surface area (Å²) >= 11 is 0. The predicted molar refractivity (Wildman–Crippen MR) is 167 cm³/mol. The van der Waals surface area contributed by atoms with Crippen molar-refractivity contribution in [3.05, 3.63) is 120 Å². The number of aromatic hydroxyl groups is 1. The van der Waals surface area contributed by atoms with E-state index in [4.69, 9.17) is 10.1 Å². The van der Waals surface area contributed by atoms with Crippen molar-refractivity contribution in [1.29, 1.82) is 5.41 Å². The summed E-state index contributed by atoms with van der Waals surface area (Å²) in [6.07, 6.45) is 3.17. The first-order chi connectivity index (χ1) is 21.5. The maximum Gasteiger partial charge on any atom is 0.274 e. The lowest BCUT2D eigenvalue weighted by Gasteiger charge is -2.18. The molecule has 0 spiro atoms. The molecule has 4 heterocycles. The quantitative estimate of drug-likeness (QED) is 0.203. The molecule has 0 radical (unpaired) electrons. The van der Waals surface area contributed by atoms with E-state index in [0.29, 0.717) is 42.2 Å². The van der Waals surface area contributed by atoms with E-state index in [1.54, 1.807) is 23.6 Å². The fourth-order valence-corrected chi connectivity index (χ4v) is 6.27. The van der Waals surface area contributed by atoms with Gasteiger partial charge in [-0.3, -0.25) is 10.2 Å². The van der Waals surface area contributed by atoms with Crippen LogP contribution >= 0.6 is 0 Å². The Morgan fingerprint density at radius 2 is 1.82 bits per heavy atom. The van der Waals surface area contributed by atoms with Crippen LogP contribution in [0.5, 0.6) is 11.5 Å². The second-order valence-electron chi connectivity index (χ2n) is 11.0. The lowest BCUT2D eigenvalue weighted by atomic mass is 9.94. The highest BCUT2D eigenvalue weighted by atomic mass is 16.5. The first kappa shape index (κ1) is 25.8. The van der Waals surface area contributed by atoms with Crippen LogP contribution < -0.4 is 15.1 Å². The van der Waals surface area contributed by atoms with Crippen molar-refractivity contribution < 1.29 is 14.6 Å². The Hall–Kier alpha value is -5.90. The number of phenolic OH excluding ortho intramolecular Hbond substituents is 1. The van der Waals surface area contributed by atoms with Crippen LogP contribution in [0.15, 0.2) is 97.6 Å². The summed E-state index contributed by atoms with van der Waals surface area (Å²) in [5.74, 6) is 0.527. The summed E-state index contributed by atoms with van der Waals surface area (Å²) in [4.78, 5) is 30.8. The summed E-state index contributed by atoms with van der Waals surface area (Å²) < 4.78 is 7.92. The molecule has 216 valence electrons. The Kier molecular flexibility index (Phi) is 5.93. The molecule has 0 fully saturated rings. The Morgan fingerprint density at radius 3 is 2.68 bits per heavy atom. The fourth-order valence-electron chi connectivity index (χ4n) is 6.27. The van der Waals surface area contributed by atoms with Crippen molar-refractivity contribution in [2.45, 2.75) is 19.1 Å². The second-order valence-corrected chi connectivity index (χ2v) is 11.0. The Labute approximate surface area is 250 Å². The van der Waals surface area contributed by atoms with Gasteiger partial charge < -0.3 is 29.3 Å². The van der Waals surface area contributed by atoms with Crippen molar-refractivity contribution in [3.8, 4) is 11.5 Å². The standard InChI is InChI=1S/C34H27N7O3/c35-32-31-33(37-18-36-31)40(19-38-32)15-22-16-41(28-14-29(42)24-8-4-5-9-25(24)30(22)28)34(43)27-13-21-12-23(10-11-26(21)39-27)44-17-20-6-2-1-3-7-20/h1-14,18-19,22,35,39,42H,15-17H2,(H,36,37)/t22-/m1/s1. The van der Waals surface area contributed by atoms with Crippen molar-refractivity contribution in [1.82, 2.24) is 24.5 Å². The molecule has 10 heteroatoms. The van der Waals surface area contributed by atoms with E-state index >= 15 is 0 Å². The van der Waals surface area contributed by atoms with E-state index in [1.807, 2.05) is 83.4 Å². The number of hydrogen-bond donors (Lipinski definition) is 4. The molecule has 0 saturated carbocycles. The number of anilines is 1. The second kappa shape index (κ2) is 10.1. The Bertz CT molecular complexity index is 2270. The van der Waals surface area contributed by atoms with E-state index in [-0.39, 0.29) is 23.1 Å². The van der Waals surface area contributed by atoms with Gasteiger partial charge in [0.2, 0.25) is 0 Å². The molecule has 0 unspecified atom stereocenters. The van der Waals surface area contributed by atoms with E-state index < -0.39 is 0 Å². The minimum absolute atomic E-state index is 0.120. The van der Waals surface area contributed by atoms with Gasteiger partial charge in [-0.1, -0.05) is 54.6 Å². The number of amides is 1. The van der Waals surface area contributed by atoms with Gasteiger partial charge in [0, 0.05) is 41.4 Å². The van der Waals surface area contributed by atoms with Crippen LogP contribution in [0.25, 0.3) is 32.8 Å². The first-order valence-corrected chi connectivity index (χ1v) is 14.3. The molecule has 4 N–H and O–H groups in total. The maximum atomic E-state index is 14.2. The summed E-state index contributed by atoms with van der Waals surface area (Å²) in [6.45, 7) is 1.33. The lowest BCUT2D eigenvalue weighted by Crippen LogP contribution is -2.31. The molecule has 1 atom stereocenters. The molecule has 10 nitrogen and oxygen atoms in total. The summed E-state index contributed by atoms with van der Waals surface area (Å²) in [5, 5.41) is 21.6. The molecule has 1 aliphatic rings. The fraction of sp³-hybridized carbons (Fsp3) is 0.118. The molecular weight excluding hydrogens is 554 g/mol. The number of carbonyl (C=O) groups excluding carboxylic acids is 1. The van der Waals surface area contributed by atoms with Crippen molar-refractivity contribution in [2.75, 3.05) is 11.4 Å². The molecule has 0 aliphatic carbocycles. The molecule has 0 saturated heterocycles. The number of carbonyl (C=O) groups is 1. The predicted octanol–water partition coefficient (Wildman–Crippen LogP) is 5.60. The number of nitrogens with zero attached hydrogens (tertiary/aromatic N) is 4. The zero-order valence-electron chi connectivity index (χ0n) is 23.5. The van der Waals surface area contributed by atoms with Crippen LogP contribution in [-0.2, 0) is 13.2 Å². The lowest BCUT2D eigenvalue weighted by molar-refractivity contribution is 0.0984. The van der Waals surface area contributed by atoms with Crippen LogP contribution in [0.3, 0.4) is 0 Å². The van der Waals surface area contributed by atoms with Crippen molar-refractivity contribution >= 4 is 44.4 Å². The highest BCUT2D eigenvalue weighted by Gasteiger charge is 2.36. The zero-order valence-corrected chi connectivity index (χ0v) is 23.5. The minimum Gasteiger partial charge on any atom is -0.507 e. The van der Waals surface area contributed by atoms with Crippen molar-refractivity contribution in [3.63, 3.8) is 0 Å². The largest absolute Gasteiger partial charge is 0.507 e. The normalized spacial score (nSPS) is 14.5. The number of phenols is 1. The number of aromatic amines is 2. The maximum absolute atomic E-state index is 14.2. The topological polar surface area (TPSA) is 136 Å². The van der Waals surface area contributed by atoms with Gasteiger partial charge in [-0.25, -0.2) is 9.97 Å². The average molecular weight is 582 g/mol. The number of nitrogens with one attached hydrogen (secondary N) is 3. The third-order valence-electron chi connectivity index (χ3n) is 8.33. The van der Waals surface area contributed by atoms with Gasteiger partial charge >= 0.3 is 0 Å². The number of benzene rings is 4. The molecule has 0 bridgehead atoms. The highest BCUT2D eigenvalue weighted by molar-refractivity contribution is 6.11. The van der Waals surface area contributed by atoms with Crippen LogP contribution in [0.2, 0.25) is 0 Å². The molecule has 7 aromatic rings. The summed E-state index contributed by atoms with van der Waals surface area (Å²) in [5.41, 5.74) is 5.31. The van der Waals surface area contributed by atoms with Gasteiger partial charge in [0.25, 0.3) is 5.91 Å². The first-order valence-electron chi connectivity index (χ1n) is 14.3. The molecule has 4 aromatic carbocycles. The van der Waals surface area contributed by atoms with Crippen LogP contribution in [0.1, 0.15) is 27.5 Å². The molecule has 3 aromatic heterocycles. The number of imidazole rings is 1. The van der Waals surface area contributed by atoms with E-state index in [2.05, 4.69) is 19.9 Å². The monoisotopic (exact) mass is 581 g/mol. The van der Waals surface area contributed by atoms with Gasteiger partial charge in [-0.15, -0.1) is 0 Å². The number of fused-ring (bicyclic) bond motifs is 5. The summed E-state index contributed by atoms with van der Waals surface area (Å²) in [6, 6.07) is 27.0. The Morgan fingerprint density at radius 1 is 1.00 bits per heavy atom. The average Bonchev–Trinajstić information content (AvgIpc) is 3.80. The van der Waals surface area contributed by atoms with Gasteiger partial charge in [0.05, 0.1) is 18.3 Å². The van der Waals surface area contributed by atoms with Gasteiger partial charge in [-0.05, 0) is 40.8 Å². The van der Waals surface area contributed by atoms with E-state index in [1.165, 1.54) is 0 Å². The molecule has 8 rings (SSSR count). The third kappa shape index (κ3) is 4.27. The SMILES string of the molecule is N=c1ncn(C[C@@H]2CN(C(=O)c3cc4cc(OCc5ccccc5)ccc4[nH]3)c3cc(O)c4ccccc4c32)c2nc[nH]c12. The number of rotatable bonds is 6. The van der Waals surface area contributed by atoms with Crippen LogP contribution in [-0.4, -0.2) is 42.1 Å². The van der Waals surface area contributed by atoms with Crippen LogP contribution in [0.4, 0.5) is 5.69 Å². The van der Waals surface area contributed by atoms with Crippen molar-refractivity contribution in [2.24, 2.45) is 0 Å². The van der Waals surface area contributed by atoms with E-state index in [9.17, 15) is 9.90 Å². The minimum atomic E-state index is -0.194. The molecular formula is C34H27N7O3. The molecule has 44 heavy (non-hydrogen) atoms. The number of ether oxygens (including phenoxy) is 1. The highest BCUT2D eigenvalue weighted by Crippen LogP contribution is 2.46. The Balaban J connectivity index is 1.15. The smallest absolute Gasteiger partial charge is 0.274 e. The van der Waals surface area contributed by atoms with Gasteiger partial charge in [0.15, 0.2) is 11.1 Å². The number of aromatic nitrogens is 5.